The van der Waals surface area contributed by atoms with Gasteiger partial charge in [-0.3, -0.25) is 0 Å². The average molecular weight is 338 g/mol. The molecule has 6 heteroatoms. The van der Waals surface area contributed by atoms with E-state index in [1.807, 2.05) is 49.3 Å². The van der Waals surface area contributed by atoms with Crippen LogP contribution in [0.4, 0.5) is 0 Å². The molecule has 0 radical (unpaired) electrons. The molecule has 0 aliphatic carbocycles. The number of nitrogens with zero attached hydrogens (tertiary/aromatic N) is 4. The first kappa shape index (κ1) is 15.7. The lowest BCUT2D eigenvalue weighted by Gasteiger charge is -2.26. The number of rotatable bonds is 4. The van der Waals surface area contributed by atoms with Crippen LogP contribution in [0, 0.1) is 12.8 Å². The van der Waals surface area contributed by atoms with Crippen LogP contribution in [0.15, 0.2) is 36.8 Å². The normalized spacial score (nSPS) is 16.4. The Morgan fingerprint density at radius 3 is 3.00 bits per heavy atom. The SMILES string of the molecule is COc1ccc2c(c1)OCC(Cn1ccnc1-c1cn(C)c(C)n1)C2. The molecular formula is C19H22N4O2. The molecule has 1 aromatic carbocycles. The van der Waals surface area contributed by atoms with Gasteiger partial charge < -0.3 is 18.6 Å². The highest BCUT2D eigenvalue weighted by atomic mass is 16.5. The molecule has 0 spiro atoms. The van der Waals surface area contributed by atoms with Crippen molar-refractivity contribution in [2.24, 2.45) is 13.0 Å². The fourth-order valence-corrected chi connectivity index (χ4v) is 3.29. The van der Waals surface area contributed by atoms with Gasteiger partial charge >= 0.3 is 0 Å². The summed E-state index contributed by atoms with van der Waals surface area (Å²) in [6.07, 6.45) is 6.86. The van der Waals surface area contributed by atoms with Crippen molar-refractivity contribution in [2.75, 3.05) is 13.7 Å². The van der Waals surface area contributed by atoms with Gasteiger partial charge in [-0.05, 0) is 25.0 Å². The number of aromatic nitrogens is 4. The molecule has 0 N–H and O–H groups in total. The van der Waals surface area contributed by atoms with Gasteiger partial charge in [-0.2, -0.15) is 0 Å². The summed E-state index contributed by atoms with van der Waals surface area (Å²) < 4.78 is 15.4. The molecule has 0 fully saturated rings. The van der Waals surface area contributed by atoms with Crippen LogP contribution in [0.5, 0.6) is 11.5 Å². The fourth-order valence-electron chi connectivity index (χ4n) is 3.29. The van der Waals surface area contributed by atoms with Crippen LogP contribution in [0.1, 0.15) is 11.4 Å². The van der Waals surface area contributed by atoms with Gasteiger partial charge in [0.15, 0.2) is 5.82 Å². The van der Waals surface area contributed by atoms with E-state index in [9.17, 15) is 0 Å². The van der Waals surface area contributed by atoms with E-state index < -0.39 is 0 Å². The second-order valence-corrected chi connectivity index (χ2v) is 6.54. The van der Waals surface area contributed by atoms with Crippen molar-refractivity contribution in [3.8, 4) is 23.0 Å². The zero-order valence-corrected chi connectivity index (χ0v) is 14.8. The van der Waals surface area contributed by atoms with Crippen molar-refractivity contribution in [2.45, 2.75) is 19.9 Å². The van der Waals surface area contributed by atoms with Gasteiger partial charge in [-0.15, -0.1) is 0 Å². The number of aryl methyl sites for hydroxylation is 2. The Morgan fingerprint density at radius 1 is 1.36 bits per heavy atom. The second kappa shape index (κ2) is 6.27. The van der Waals surface area contributed by atoms with E-state index in [0.717, 1.165) is 41.8 Å². The summed E-state index contributed by atoms with van der Waals surface area (Å²) in [4.78, 5) is 9.10. The first-order valence-electron chi connectivity index (χ1n) is 8.45. The summed E-state index contributed by atoms with van der Waals surface area (Å²) in [5.74, 6) is 4.05. The van der Waals surface area contributed by atoms with E-state index in [4.69, 9.17) is 9.47 Å². The molecule has 130 valence electrons. The lowest BCUT2D eigenvalue weighted by atomic mass is 9.96. The largest absolute Gasteiger partial charge is 0.497 e. The van der Waals surface area contributed by atoms with E-state index in [-0.39, 0.29) is 0 Å². The smallest absolute Gasteiger partial charge is 0.160 e. The molecule has 0 amide bonds. The Morgan fingerprint density at radius 2 is 2.24 bits per heavy atom. The second-order valence-electron chi connectivity index (χ2n) is 6.54. The molecule has 25 heavy (non-hydrogen) atoms. The van der Waals surface area contributed by atoms with Gasteiger partial charge in [0, 0.05) is 44.2 Å². The highest BCUT2D eigenvalue weighted by molar-refractivity contribution is 5.49. The molecule has 1 atom stereocenters. The highest BCUT2D eigenvalue weighted by Crippen LogP contribution is 2.32. The number of benzene rings is 1. The lowest BCUT2D eigenvalue weighted by Crippen LogP contribution is -2.25. The molecule has 0 bridgehead atoms. The van der Waals surface area contributed by atoms with Crippen LogP contribution >= 0.6 is 0 Å². The quantitative estimate of drug-likeness (QED) is 0.734. The lowest BCUT2D eigenvalue weighted by molar-refractivity contribution is 0.206. The number of ether oxygens (including phenoxy) is 2. The van der Waals surface area contributed by atoms with E-state index >= 15 is 0 Å². The third-order valence-corrected chi connectivity index (χ3v) is 4.77. The molecular weight excluding hydrogens is 316 g/mol. The van der Waals surface area contributed by atoms with E-state index in [2.05, 4.69) is 20.6 Å². The van der Waals surface area contributed by atoms with Crippen molar-refractivity contribution in [3.05, 3.63) is 48.2 Å². The molecule has 3 heterocycles. The van der Waals surface area contributed by atoms with E-state index in [1.165, 1.54) is 5.56 Å². The molecule has 4 rings (SSSR count). The molecule has 6 nitrogen and oxygen atoms in total. The topological polar surface area (TPSA) is 54.1 Å². The number of hydrogen-bond donors (Lipinski definition) is 0. The maximum Gasteiger partial charge on any atom is 0.160 e. The molecule has 1 aliphatic heterocycles. The summed E-state index contributed by atoms with van der Waals surface area (Å²) in [7, 11) is 3.67. The van der Waals surface area contributed by atoms with Crippen LogP contribution in [-0.4, -0.2) is 32.8 Å². The maximum absolute atomic E-state index is 5.96. The average Bonchev–Trinajstić information content (AvgIpc) is 3.21. The predicted octanol–water partition coefficient (Wildman–Crippen LogP) is 2.85. The third-order valence-electron chi connectivity index (χ3n) is 4.77. The third kappa shape index (κ3) is 2.99. The van der Waals surface area contributed by atoms with E-state index in [1.54, 1.807) is 7.11 Å². The summed E-state index contributed by atoms with van der Waals surface area (Å²) in [6.45, 7) is 3.55. The molecule has 0 saturated carbocycles. The first-order chi connectivity index (χ1) is 12.1. The zero-order valence-electron chi connectivity index (χ0n) is 14.8. The van der Waals surface area contributed by atoms with Gasteiger partial charge in [0.1, 0.15) is 23.0 Å². The molecule has 1 unspecified atom stereocenters. The summed E-state index contributed by atoms with van der Waals surface area (Å²) in [6, 6.07) is 6.05. The van der Waals surface area contributed by atoms with Crippen LogP contribution in [0.25, 0.3) is 11.5 Å². The van der Waals surface area contributed by atoms with Crippen molar-refractivity contribution in [1.82, 2.24) is 19.1 Å². The summed E-state index contributed by atoms with van der Waals surface area (Å²) in [5.41, 5.74) is 2.14. The molecule has 0 saturated heterocycles. The van der Waals surface area contributed by atoms with Crippen molar-refractivity contribution in [3.63, 3.8) is 0 Å². The van der Waals surface area contributed by atoms with Gasteiger partial charge in [-0.1, -0.05) is 6.07 Å². The Labute approximate surface area is 147 Å². The molecule has 2 aromatic heterocycles. The summed E-state index contributed by atoms with van der Waals surface area (Å²) in [5, 5.41) is 0. The van der Waals surface area contributed by atoms with Crippen LogP contribution in [-0.2, 0) is 20.0 Å². The minimum absolute atomic E-state index is 0.402. The highest BCUT2D eigenvalue weighted by Gasteiger charge is 2.22. The minimum Gasteiger partial charge on any atom is -0.497 e. The van der Waals surface area contributed by atoms with Crippen LogP contribution in [0.3, 0.4) is 0 Å². The Bertz CT molecular complexity index is 877. The maximum atomic E-state index is 5.96. The van der Waals surface area contributed by atoms with Crippen molar-refractivity contribution >= 4 is 0 Å². The van der Waals surface area contributed by atoms with E-state index in [0.29, 0.717) is 12.5 Å². The van der Waals surface area contributed by atoms with Gasteiger partial charge in [0.2, 0.25) is 0 Å². The number of hydrogen-bond acceptors (Lipinski definition) is 4. The summed E-state index contributed by atoms with van der Waals surface area (Å²) >= 11 is 0. The van der Waals surface area contributed by atoms with Gasteiger partial charge in [0.05, 0.1) is 13.7 Å². The first-order valence-corrected chi connectivity index (χ1v) is 8.45. The number of fused-ring (bicyclic) bond motifs is 1. The minimum atomic E-state index is 0.402. The standard InChI is InChI=1S/C19H22N4O2/c1-13-21-17(11-22(13)2)19-20-6-7-23(19)10-14-8-15-4-5-16(24-3)9-18(15)25-12-14/h4-7,9,11,14H,8,10,12H2,1-3H3. The Hall–Kier alpha value is -2.76. The Kier molecular flexibility index (Phi) is 3.95. The van der Waals surface area contributed by atoms with Crippen molar-refractivity contribution in [1.29, 1.82) is 0 Å². The Balaban J connectivity index is 1.53. The van der Waals surface area contributed by atoms with Crippen LogP contribution in [0.2, 0.25) is 0 Å². The number of imidazole rings is 2. The monoisotopic (exact) mass is 338 g/mol. The predicted molar refractivity (Wildman–Crippen MR) is 94.8 cm³/mol. The van der Waals surface area contributed by atoms with Crippen LogP contribution < -0.4 is 9.47 Å². The van der Waals surface area contributed by atoms with Crippen molar-refractivity contribution < 1.29 is 9.47 Å². The fraction of sp³-hybridized carbons (Fsp3) is 0.368. The zero-order chi connectivity index (χ0) is 17.4. The number of methoxy groups -OCH3 is 1. The van der Waals surface area contributed by atoms with Gasteiger partial charge in [-0.25, -0.2) is 9.97 Å². The van der Waals surface area contributed by atoms with Gasteiger partial charge in [0.25, 0.3) is 0 Å². The molecule has 1 aliphatic rings. The molecule has 3 aromatic rings.